The van der Waals surface area contributed by atoms with E-state index in [0.29, 0.717) is 18.4 Å². The number of sulfone groups is 1. The predicted octanol–water partition coefficient (Wildman–Crippen LogP) is 4.08. The number of aliphatic hydroxyl groups is 1. The molecule has 3 nitrogen and oxygen atoms in total. The van der Waals surface area contributed by atoms with E-state index in [0.717, 1.165) is 25.3 Å². The number of unbranched alkanes of at least 4 members (excludes halogenated alkanes) is 3. The molecule has 0 radical (unpaired) electrons. The molecular weight excluding hydrogens is 329 g/mol. The summed E-state index contributed by atoms with van der Waals surface area (Å²) in [6.45, 7) is 2.04. The van der Waals surface area contributed by atoms with Crippen LogP contribution < -0.4 is 0 Å². The van der Waals surface area contributed by atoms with Gasteiger partial charge in [0.15, 0.2) is 0 Å². The maximum atomic E-state index is 12.9. The zero-order valence-corrected chi connectivity index (χ0v) is 13.8. The fraction of sp³-hybridized carbons (Fsp3) is 0.625. The number of aryl methyl sites for hydroxylation is 1. The minimum atomic E-state index is -5.47. The van der Waals surface area contributed by atoms with Crippen molar-refractivity contribution in [3.8, 4) is 0 Å². The van der Waals surface area contributed by atoms with Crippen molar-refractivity contribution >= 4 is 9.84 Å². The van der Waals surface area contributed by atoms with E-state index < -0.39 is 25.8 Å². The van der Waals surface area contributed by atoms with E-state index in [4.69, 9.17) is 0 Å². The standard InChI is InChI=1S/C16H21F3O3S/c1-2-3-4-5-10-15(20)11-9-12-7-6-8-13(14(12)15)23(21,22)16(17,18)19/h6-8,20H,2-5,9-11H2,1H3. The van der Waals surface area contributed by atoms with Gasteiger partial charge in [-0.2, -0.15) is 13.2 Å². The minimum absolute atomic E-state index is 0.0474. The number of hydrogen-bond donors (Lipinski definition) is 1. The second kappa shape index (κ2) is 6.43. The van der Waals surface area contributed by atoms with Crippen LogP contribution in [0, 0.1) is 0 Å². The van der Waals surface area contributed by atoms with Gasteiger partial charge in [-0.25, -0.2) is 8.42 Å². The van der Waals surface area contributed by atoms with Gasteiger partial charge in [-0.05, 0) is 30.9 Å². The first kappa shape index (κ1) is 18.3. The van der Waals surface area contributed by atoms with Crippen molar-refractivity contribution in [2.24, 2.45) is 0 Å². The van der Waals surface area contributed by atoms with Gasteiger partial charge in [-0.1, -0.05) is 44.7 Å². The highest BCUT2D eigenvalue weighted by Gasteiger charge is 2.51. The quantitative estimate of drug-likeness (QED) is 0.787. The van der Waals surface area contributed by atoms with Crippen molar-refractivity contribution in [1.82, 2.24) is 0 Å². The summed E-state index contributed by atoms with van der Waals surface area (Å²) >= 11 is 0. The Labute approximate surface area is 134 Å². The lowest BCUT2D eigenvalue weighted by Gasteiger charge is -2.26. The summed E-state index contributed by atoms with van der Waals surface area (Å²) in [5.74, 6) is 0. The summed E-state index contributed by atoms with van der Waals surface area (Å²) in [7, 11) is -5.47. The number of rotatable bonds is 6. The van der Waals surface area contributed by atoms with Crippen molar-refractivity contribution in [2.45, 2.75) is 67.9 Å². The van der Waals surface area contributed by atoms with E-state index in [1.54, 1.807) is 6.07 Å². The lowest BCUT2D eigenvalue weighted by molar-refractivity contribution is -0.0439. The first-order chi connectivity index (χ1) is 10.6. The van der Waals surface area contributed by atoms with Gasteiger partial charge in [0.25, 0.3) is 9.84 Å². The summed E-state index contributed by atoms with van der Waals surface area (Å²) in [5, 5.41) is 10.8. The molecule has 1 unspecified atom stereocenters. The number of halogens is 3. The molecule has 0 saturated heterocycles. The van der Waals surface area contributed by atoms with E-state index in [2.05, 4.69) is 0 Å². The molecule has 0 aliphatic heterocycles. The molecule has 130 valence electrons. The number of hydrogen-bond acceptors (Lipinski definition) is 3. The third-order valence-corrected chi connectivity index (χ3v) is 5.95. The van der Waals surface area contributed by atoms with Crippen LogP contribution in [0.15, 0.2) is 23.1 Å². The van der Waals surface area contributed by atoms with Crippen molar-refractivity contribution in [3.63, 3.8) is 0 Å². The molecule has 0 heterocycles. The molecule has 1 N–H and O–H groups in total. The Morgan fingerprint density at radius 2 is 1.91 bits per heavy atom. The fourth-order valence-corrected chi connectivity index (χ4v) is 4.32. The van der Waals surface area contributed by atoms with Crippen molar-refractivity contribution < 1.29 is 26.7 Å². The van der Waals surface area contributed by atoms with Gasteiger partial charge in [0, 0.05) is 5.56 Å². The Hall–Kier alpha value is -1.08. The van der Waals surface area contributed by atoms with Gasteiger partial charge in [0.2, 0.25) is 0 Å². The average molecular weight is 350 g/mol. The van der Waals surface area contributed by atoms with Crippen molar-refractivity contribution in [1.29, 1.82) is 0 Å². The van der Waals surface area contributed by atoms with Gasteiger partial charge in [0.1, 0.15) is 0 Å². The predicted molar refractivity (Wildman–Crippen MR) is 80.7 cm³/mol. The lowest BCUT2D eigenvalue weighted by atomic mass is 9.89. The zero-order chi connectivity index (χ0) is 17.3. The monoisotopic (exact) mass is 350 g/mol. The summed E-state index contributed by atoms with van der Waals surface area (Å²) < 4.78 is 62.4. The molecule has 0 spiro atoms. The van der Waals surface area contributed by atoms with Crippen LogP contribution in [-0.4, -0.2) is 19.0 Å². The Balaban J connectivity index is 2.42. The second-order valence-corrected chi connectivity index (χ2v) is 7.99. The molecule has 23 heavy (non-hydrogen) atoms. The normalized spacial score (nSPS) is 21.4. The fourth-order valence-electron chi connectivity index (χ4n) is 3.22. The Morgan fingerprint density at radius 3 is 2.52 bits per heavy atom. The van der Waals surface area contributed by atoms with Gasteiger partial charge in [-0.3, -0.25) is 0 Å². The zero-order valence-electron chi connectivity index (χ0n) is 13.0. The van der Waals surface area contributed by atoms with Crippen molar-refractivity contribution in [3.05, 3.63) is 29.3 Å². The number of alkyl halides is 3. The van der Waals surface area contributed by atoms with Gasteiger partial charge < -0.3 is 5.11 Å². The van der Waals surface area contributed by atoms with Gasteiger partial charge >= 0.3 is 5.51 Å². The molecule has 2 rings (SSSR count). The molecule has 1 aromatic rings. The van der Waals surface area contributed by atoms with E-state index in [1.807, 2.05) is 6.92 Å². The summed E-state index contributed by atoms with van der Waals surface area (Å²) in [4.78, 5) is -0.794. The number of fused-ring (bicyclic) bond motifs is 1. The minimum Gasteiger partial charge on any atom is -0.385 e. The van der Waals surface area contributed by atoms with Gasteiger partial charge in [-0.15, -0.1) is 0 Å². The highest BCUT2D eigenvalue weighted by Crippen LogP contribution is 2.46. The molecule has 0 aromatic heterocycles. The van der Waals surface area contributed by atoms with Crippen LogP contribution in [0.3, 0.4) is 0 Å². The first-order valence-corrected chi connectivity index (χ1v) is 9.28. The average Bonchev–Trinajstić information content (AvgIpc) is 2.81. The smallest absolute Gasteiger partial charge is 0.385 e. The Morgan fingerprint density at radius 1 is 1.22 bits per heavy atom. The molecule has 0 fully saturated rings. The van der Waals surface area contributed by atoms with Crippen LogP contribution in [0.2, 0.25) is 0 Å². The highest BCUT2D eigenvalue weighted by molar-refractivity contribution is 7.92. The molecule has 0 bridgehead atoms. The van der Waals surface area contributed by atoms with Crippen molar-refractivity contribution in [2.75, 3.05) is 0 Å². The van der Waals surface area contributed by atoms with E-state index in [-0.39, 0.29) is 18.4 Å². The molecular formula is C16H21F3O3S. The third kappa shape index (κ3) is 3.40. The SMILES string of the molecule is CCCCCCC1(O)CCc2cccc(S(=O)(=O)C(F)(F)F)c21. The Kier molecular flexibility index (Phi) is 5.11. The van der Waals surface area contributed by atoms with Crippen LogP contribution >= 0.6 is 0 Å². The van der Waals surface area contributed by atoms with E-state index in [9.17, 15) is 26.7 Å². The van der Waals surface area contributed by atoms with Crippen LogP contribution in [0.1, 0.15) is 56.6 Å². The van der Waals surface area contributed by atoms with E-state index in [1.165, 1.54) is 6.07 Å². The molecule has 1 aliphatic carbocycles. The second-order valence-electron chi connectivity index (χ2n) is 6.08. The van der Waals surface area contributed by atoms with Crippen LogP contribution in [0.4, 0.5) is 13.2 Å². The Bertz CT molecular complexity index is 668. The molecule has 1 atom stereocenters. The molecule has 0 amide bonds. The first-order valence-electron chi connectivity index (χ1n) is 7.79. The maximum absolute atomic E-state index is 12.9. The topological polar surface area (TPSA) is 54.4 Å². The highest BCUT2D eigenvalue weighted by atomic mass is 32.2. The van der Waals surface area contributed by atoms with Crippen LogP contribution in [0.25, 0.3) is 0 Å². The molecule has 1 aliphatic rings. The summed E-state index contributed by atoms with van der Waals surface area (Å²) in [6.07, 6.45) is 4.44. The summed E-state index contributed by atoms with van der Waals surface area (Å²) in [5.41, 5.74) is -6.41. The number of benzene rings is 1. The van der Waals surface area contributed by atoms with E-state index >= 15 is 0 Å². The maximum Gasteiger partial charge on any atom is 0.501 e. The van der Waals surface area contributed by atoms with Crippen LogP contribution in [0.5, 0.6) is 0 Å². The summed E-state index contributed by atoms with van der Waals surface area (Å²) in [6, 6.07) is 3.85. The van der Waals surface area contributed by atoms with Gasteiger partial charge in [0.05, 0.1) is 10.5 Å². The third-order valence-electron chi connectivity index (χ3n) is 4.42. The molecule has 1 aromatic carbocycles. The molecule has 0 saturated carbocycles. The largest absolute Gasteiger partial charge is 0.501 e. The lowest BCUT2D eigenvalue weighted by Crippen LogP contribution is -2.29. The van der Waals surface area contributed by atoms with Crippen LogP contribution in [-0.2, 0) is 21.9 Å². The molecule has 7 heteroatoms.